The van der Waals surface area contributed by atoms with Gasteiger partial charge in [0.2, 0.25) is 0 Å². The highest BCUT2D eigenvalue weighted by Crippen LogP contribution is 2.30. The molecule has 1 aliphatic carbocycles. The van der Waals surface area contributed by atoms with Crippen LogP contribution >= 0.6 is 0 Å². The van der Waals surface area contributed by atoms with E-state index in [4.69, 9.17) is 10.5 Å². The van der Waals surface area contributed by atoms with E-state index in [1.807, 2.05) is 47.1 Å². The normalized spacial score (nSPS) is 14.1. The zero-order chi connectivity index (χ0) is 23.3. The van der Waals surface area contributed by atoms with Crippen LogP contribution in [0.15, 0.2) is 72.4 Å². The summed E-state index contributed by atoms with van der Waals surface area (Å²) < 4.78 is 7.89. The van der Waals surface area contributed by atoms with E-state index >= 15 is 0 Å². The number of hydrogen-bond donors (Lipinski definition) is 2. The average Bonchev–Trinajstić information content (AvgIpc) is 3.62. The number of aliphatic imine (C=N–C) groups is 1. The third kappa shape index (κ3) is 4.91. The van der Waals surface area contributed by atoms with Gasteiger partial charge in [0.15, 0.2) is 0 Å². The number of rotatable bonds is 9. The summed E-state index contributed by atoms with van der Waals surface area (Å²) in [4.78, 5) is 17.4. The molecular formula is C26H27N7O. The topological polar surface area (TPSA) is 103 Å². The van der Waals surface area contributed by atoms with Crippen LogP contribution in [0.25, 0.3) is 22.6 Å². The summed E-state index contributed by atoms with van der Waals surface area (Å²) in [5.74, 6) is 2.31. The van der Waals surface area contributed by atoms with Crippen LogP contribution in [0.2, 0.25) is 0 Å². The minimum Gasteiger partial charge on any atom is -0.493 e. The van der Waals surface area contributed by atoms with Crippen molar-refractivity contribution in [3.05, 3.63) is 78.5 Å². The number of pyridine rings is 1. The van der Waals surface area contributed by atoms with Gasteiger partial charge >= 0.3 is 0 Å². The Morgan fingerprint density at radius 2 is 2.03 bits per heavy atom. The van der Waals surface area contributed by atoms with Gasteiger partial charge in [0, 0.05) is 49.9 Å². The molecule has 3 N–H and O–H groups in total. The van der Waals surface area contributed by atoms with Gasteiger partial charge in [-0.15, -0.1) is 0 Å². The van der Waals surface area contributed by atoms with Crippen molar-refractivity contribution in [2.45, 2.75) is 19.4 Å². The molecule has 0 atom stereocenters. The maximum Gasteiger partial charge on any atom is 0.140 e. The van der Waals surface area contributed by atoms with E-state index in [0.29, 0.717) is 12.5 Å². The van der Waals surface area contributed by atoms with Gasteiger partial charge in [0.05, 0.1) is 24.2 Å². The zero-order valence-corrected chi connectivity index (χ0v) is 19.1. The van der Waals surface area contributed by atoms with E-state index in [0.717, 1.165) is 51.9 Å². The molecule has 0 amide bonds. The molecular weight excluding hydrogens is 426 g/mol. The fourth-order valence-electron chi connectivity index (χ4n) is 3.69. The number of imidazole rings is 1. The highest BCUT2D eigenvalue weighted by Gasteiger charge is 2.22. The Morgan fingerprint density at radius 1 is 1.18 bits per heavy atom. The van der Waals surface area contributed by atoms with Gasteiger partial charge in [-0.25, -0.2) is 15.0 Å². The molecule has 1 fully saturated rings. The lowest BCUT2D eigenvalue weighted by molar-refractivity contribution is 0.300. The molecule has 0 aliphatic heterocycles. The quantitative estimate of drug-likeness (QED) is 0.368. The Balaban J connectivity index is 1.27. The number of ether oxygens (including phenoxy) is 1. The van der Waals surface area contributed by atoms with Gasteiger partial charge < -0.3 is 15.8 Å². The van der Waals surface area contributed by atoms with Crippen molar-refractivity contribution in [1.29, 1.82) is 0 Å². The van der Waals surface area contributed by atoms with Crippen LogP contribution in [0.3, 0.4) is 0 Å². The average molecular weight is 454 g/mol. The summed E-state index contributed by atoms with van der Waals surface area (Å²) >= 11 is 0. The molecule has 3 heterocycles. The summed E-state index contributed by atoms with van der Waals surface area (Å²) in [6.07, 6.45) is 11.2. The SMILES string of the molecule is CN=CC(=CN)c1ccc(CNc2cc(-c3cnc4cc(OCC5CC5)ccn34)ncn2)cc1. The number of fused-ring (bicyclic) bond motifs is 1. The number of hydrogen-bond acceptors (Lipinski definition) is 7. The third-order valence-electron chi connectivity index (χ3n) is 5.81. The van der Waals surface area contributed by atoms with Crippen molar-refractivity contribution < 1.29 is 4.74 Å². The van der Waals surface area contributed by atoms with Crippen molar-refractivity contribution in [3.63, 3.8) is 0 Å². The molecule has 0 radical (unpaired) electrons. The highest BCUT2D eigenvalue weighted by molar-refractivity contribution is 6.09. The standard InChI is InChI=1S/C26H27N7O/c1-28-14-21(12-27)20-6-4-18(5-7-20)13-29-25-11-23(31-17-32-25)24-15-30-26-10-22(8-9-33(24)26)34-16-19-2-3-19/h4-12,14-15,17,19H,2-3,13,16,27H2,1H3,(H,29,31,32). The first kappa shape index (κ1) is 21.6. The van der Waals surface area contributed by atoms with Gasteiger partial charge in [0.1, 0.15) is 23.5 Å². The predicted molar refractivity (Wildman–Crippen MR) is 135 cm³/mol. The maximum absolute atomic E-state index is 5.88. The Morgan fingerprint density at radius 3 is 2.79 bits per heavy atom. The summed E-state index contributed by atoms with van der Waals surface area (Å²) in [7, 11) is 1.73. The molecule has 5 rings (SSSR count). The van der Waals surface area contributed by atoms with Crippen molar-refractivity contribution in [2.75, 3.05) is 19.0 Å². The Bertz CT molecular complexity index is 1340. The molecule has 0 saturated heterocycles. The van der Waals surface area contributed by atoms with Crippen LogP contribution in [0.4, 0.5) is 5.82 Å². The maximum atomic E-state index is 5.88. The summed E-state index contributed by atoms with van der Waals surface area (Å²) in [5.41, 5.74) is 11.3. The van der Waals surface area contributed by atoms with Crippen LogP contribution in [0.5, 0.6) is 5.75 Å². The largest absolute Gasteiger partial charge is 0.493 e. The van der Waals surface area contributed by atoms with Gasteiger partial charge in [-0.2, -0.15) is 0 Å². The second kappa shape index (κ2) is 9.74. The Hall–Kier alpha value is -4.20. The van der Waals surface area contributed by atoms with E-state index in [-0.39, 0.29) is 0 Å². The van der Waals surface area contributed by atoms with Gasteiger partial charge in [-0.05, 0) is 36.0 Å². The summed E-state index contributed by atoms with van der Waals surface area (Å²) in [5, 5.41) is 3.38. The zero-order valence-electron chi connectivity index (χ0n) is 19.1. The summed E-state index contributed by atoms with van der Waals surface area (Å²) in [6, 6.07) is 14.1. The molecule has 1 aliphatic rings. The molecule has 4 aromatic rings. The number of benzene rings is 1. The molecule has 172 valence electrons. The lowest BCUT2D eigenvalue weighted by Gasteiger charge is -2.09. The second-order valence-corrected chi connectivity index (χ2v) is 8.34. The van der Waals surface area contributed by atoms with E-state index < -0.39 is 0 Å². The van der Waals surface area contributed by atoms with Crippen molar-refractivity contribution >= 4 is 23.3 Å². The predicted octanol–water partition coefficient (Wildman–Crippen LogP) is 4.19. The number of nitrogens with zero attached hydrogens (tertiary/aromatic N) is 5. The van der Waals surface area contributed by atoms with Crippen LogP contribution in [0.1, 0.15) is 24.0 Å². The first-order valence-electron chi connectivity index (χ1n) is 11.3. The lowest BCUT2D eigenvalue weighted by atomic mass is 10.1. The minimum atomic E-state index is 0.634. The first-order valence-corrected chi connectivity index (χ1v) is 11.3. The van der Waals surface area contributed by atoms with Gasteiger partial charge in [0.25, 0.3) is 0 Å². The number of nitrogens with one attached hydrogen (secondary N) is 1. The van der Waals surface area contributed by atoms with Crippen molar-refractivity contribution in [2.24, 2.45) is 16.6 Å². The Labute approximate surface area is 198 Å². The van der Waals surface area contributed by atoms with Gasteiger partial charge in [-0.3, -0.25) is 9.39 Å². The van der Waals surface area contributed by atoms with Crippen LogP contribution in [0, 0.1) is 5.92 Å². The molecule has 0 unspecified atom stereocenters. The van der Waals surface area contributed by atoms with Gasteiger partial charge in [-0.1, -0.05) is 24.3 Å². The number of anilines is 1. The third-order valence-corrected chi connectivity index (χ3v) is 5.81. The number of nitrogens with two attached hydrogens (primary N) is 1. The van der Waals surface area contributed by atoms with Crippen LogP contribution in [-0.2, 0) is 6.54 Å². The molecule has 8 heteroatoms. The van der Waals surface area contributed by atoms with Crippen molar-refractivity contribution in [3.8, 4) is 17.1 Å². The first-order chi connectivity index (χ1) is 16.7. The number of aromatic nitrogens is 4. The minimum absolute atomic E-state index is 0.634. The molecule has 1 aromatic carbocycles. The summed E-state index contributed by atoms with van der Waals surface area (Å²) in [6.45, 7) is 1.42. The van der Waals surface area contributed by atoms with Crippen molar-refractivity contribution in [1.82, 2.24) is 19.4 Å². The fraction of sp³-hybridized carbons (Fsp3) is 0.231. The molecule has 0 spiro atoms. The number of allylic oxidation sites excluding steroid dienone is 1. The smallest absolute Gasteiger partial charge is 0.140 e. The van der Waals surface area contributed by atoms with Crippen LogP contribution < -0.4 is 15.8 Å². The fourth-order valence-corrected chi connectivity index (χ4v) is 3.69. The molecule has 1 saturated carbocycles. The molecule has 8 nitrogen and oxygen atoms in total. The van der Waals surface area contributed by atoms with E-state index in [1.165, 1.54) is 12.8 Å². The Kier molecular flexibility index (Phi) is 6.20. The highest BCUT2D eigenvalue weighted by atomic mass is 16.5. The monoisotopic (exact) mass is 453 g/mol. The molecule has 34 heavy (non-hydrogen) atoms. The lowest BCUT2D eigenvalue weighted by Crippen LogP contribution is -2.03. The van der Waals surface area contributed by atoms with E-state index in [2.05, 4.69) is 37.4 Å². The van der Waals surface area contributed by atoms with E-state index in [1.54, 1.807) is 25.8 Å². The molecule has 0 bridgehead atoms. The van der Waals surface area contributed by atoms with Crippen LogP contribution in [-0.4, -0.2) is 39.2 Å². The molecule has 3 aromatic heterocycles. The van der Waals surface area contributed by atoms with E-state index in [9.17, 15) is 0 Å². The second-order valence-electron chi connectivity index (χ2n) is 8.34.